The van der Waals surface area contributed by atoms with Crippen LogP contribution < -0.4 is 0 Å². The van der Waals surface area contributed by atoms with Crippen LogP contribution in [0.15, 0.2) is 18.2 Å². The van der Waals surface area contributed by atoms with E-state index in [1.165, 1.54) is 0 Å². The van der Waals surface area contributed by atoms with Gasteiger partial charge in [-0.15, -0.1) is 0 Å². The summed E-state index contributed by atoms with van der Waals surface area (Å²) in [6, 6.07) is 5.93. The molecule has 0 aliphatic heterocycles. The number of nitrogens with zero attached hydrogens (tertiary/aromatic N) is 1. The SMILES string of the molecule is Cc1ccc2c(C=O)c(Cl)n(C)c2c1. The molecular formula is C11H10ClNO. The van der Waals surface area contributed by atoms with Gasteiger partial charge in [0.05, 0.1) is 5.56 Å². The number of hydrogen-bond donors (Lipinski definition) is 0. The maximum atomic E-state index is 10.8. The molecule has 0 unspecified atom stereocenters. The zero-order chi connectivity index (χ0) is 10.3. The summed E-state index contributed by atoms with van der Waals surface area (Å²) < 4.78 is 1.83. The number of aryl methyl sites for hydroxylation is 2. The molecule has 0 amide bonds. The highest BCUT2D eigenvalue weighted by Crippen LogP contribution is 2.28. The molecule has 3 heteroatoms. The van der Waals surface area contributed by atoms with Crippen molar-refractivity contribution in [2.75, 3.05) is 0 Å². The molecular weight excluding hydrogens is 198 g/mol. The molecule has 0 fully saturated rings. The fraction of sp³-hybridized carbons (Fsp3) is 0.182. The summed E-state index contributed by atoms with van der Waals surface area (Å²) in [6.07, 6.45) is 0.806. The molecule has 1 aromatic heterocycles. The van der Waals surface area contributed by atoms with E-state index in [0.29, 0.717) is 10.7 Å². The van der Waals surface area contributed by atoms with Crippen molar-refractivity contribution in [3.63, 3.8) is 0 Å². The topological polar surface area (TPSA) is 22.0 Å². The summed E-state index contributed by atoms with van der Waals surface area (Å²) in [5.41, 5.74) is 2.73. The van der Waals surface area contributed by atoms with Gasteiger partial charge >= 0.3 is 0 Å². The van der Waals surface area contributed by atoms with E-state index in [9.17, 15) is 4.79 Å². The Kier molecular flexibility index (Phi) is 2.08. The van der Waals surface area contributed by atoms with E-state index in [1.54, 1.807) is 0 Å². The molecule has 2 rings (SSSR count). The maximum absolute atomic E-state index is 10.8. The molecule has 2 nitrogen and oxygen atoms in total. The van der Waals surface area contributed by atoms with Crippen LogP contribution in [0.2, 0.25) is 5.15 Å². The monoisotopic (exact) mass is 207 g/mol. The molecule has 0 saturated carbocycles. The van der Waals surface area contributed by atoms with Crippen LogP contribution in [0.25, 0.3) is 10.9 Å². The highest BCUT2D eigenvalue weighted by atomic mass is 35.5. The lowest BCUT2D eigenvalue weighted by Crippen LogP contribution is -1.87. The predicted octanol–water partition coefficient (Wildman–Crippen LogP) is 2.95. The van der Waals surface area contributed by atoms with Gasteiger partial charge in [-0.05, 0) is 18.6 Å². The molecule has 1 aromatic carbocycles. The summed E-state index contributed by atoms with van der Waals surface area (Å²) in [4.78, 5) is 10.8. The van der Waals surface area contributed by atoms with Crippen LogP contribution in [0.5, 0.6) is 0 Å². The van der Waals surface area contributed by atoms with Crippen molar-refractivity contribution in [2.24, 2.45) is 7.05 Å². The molecule has 0 aliphatic carbocycles. The van der Waals surface area contributed by atoms with Gasteiger partial charge in [-0.1, -0.05) is 23.7 Å². The summed E-state index contributed by atoms with van der Waals surface area (Å²) in [5.74, 6) is 0. The highest BCUT2D eigenvalue weighted by molar-refractivity contribution is 6.34. The van der Waals surface area contributed by atoms with Gasteiger partial charge in [-0.25, -0.2) is 0 Å². The van der Waals surface area contributed by atoms with Crippen molar-refractivity contribution in [1.82, 2.24) is 4.57 Å². The van der Waals surface area contributed by atoms with E-state index in [4.69, 9.17) is 11.6 Å². The average molecular weight is 208 g/mol. The third kappa shape index (κ3) is 1.15. The van der Waals surface area contributed by atoms with Gasteiger partial charge in [-0.3, -0.25) is 4.79 Å². The summed E-state index contributed by atoms with van der Waals surface area (Å²) in [7, 11) is 1.86. The molecule has 14 heavy (non-hydrogen) atoms. The Morgan fingerprint density at radius 1 is 1.43 bits per heavy atom. The number of carbonyl (C=O) groups excluding carboxylic acids is 1. The first-order chi connectivity index (χ1) is 6.65. The zero-order valence-electron chi connectivity index (χ0n) is 8.04. The second-order valence-corrected chi connectivity index (χ2v) is 3.76. The Morgan fingerprint density at radius 3 is 2.79 bits per heavy atom. The van der Waals surface area contributed by atoms with E-state index >= 15 is 0 Å². The molecule has 0 aliphatic rings. The van der Waals surface area contributed by atoms with Gasteiger partial charge in [0, 0.05) is 18.0 Å². The second kappa shape index (κ2) is 3.14. The second-order valence-electron chi connectivity index (χ2n) is 3.40. The van der Waals surface area contributed by atoms with Crippen molar-refractivity contribution < 1.29 is 4.79 Å². The van der Waals surface area contributed by atoms with Crippen molar-refractivity contribution in [3.05, 3.63) is 34.5 Å². The fourth-order valence-electron chi connectivity index (χ4n) is 1.66. The smallest absolute Gasteiger partial charge is 0.153 e. The van der Waals surface area contributed by atoms with Crippen molar-refractivity contribution in [3.8, 4) is 0 Å². The van der Waals surface area contributed by atoms with Crippen LogP contribution >= 0.6 is 11.6 Å². The molecule has 0 spiro atoms. The van der Waals surface area contributed by atoms with Crippen LogP contribution in [-0.2, 0) is 7.05 Å². The Labute approximate surface area is 87.1 Å². The fourth-order valence-corrected chi connectivity index (χ4v) is 1.89. The third-order valence-corrected chi connectivity index (χ3v) is 2.90. The van der Waals surface area contributed by atoms with Crippen molar-refractivity contribution in [2.45, 2.75) is 6.92 Å². The Bertz CT molecular complexity index is 513. The predicted molar refractivity (Wildman–Crippen MR) is 58.1 cm³/mol. The Morgan fingerprint density at radius 2 is 2.14 bits per heavy atom. The number of halogens is 1. The quantitative estimate of drug-likeness (QED) is 0.659. The lowest BCUT2D eigenvalue weighted by molar-refractivity contribution is 0.112. The molecule has 1 heterocycles. The Hall–Kier alpha value is -1.28. The van der Waals surface area contributed by atoms with Gasteiger partial charge < -0.3 is 4.57 Å². The molecule has 0 bridgehead atoms. The number of benzene rings is 1. The van der Waals surface area contributed by atoms with E-state index in [2.05, 4.69) is 0 Å². The van der Waals surface area contributed by atoms with Crippen LogP contribution in [0.1, 0.15) is 15.9 Å². The van der Waals surface area contributed by atoms with Crippen LogP contribution in [-0.4, -0.2) is 10.9 Å². The van der Waals surface area contributed by atoms with Gasteiger partial charge in [0.15, 0.2) is 6.29 Å². The minimum absolute atomic E-state index is 0.501. The number of aromatic nitrogens is 1. The standard InChI is InChI=1S/C11H10ClNO/c1-7-3-4-8-9(6-14)11(12)13(2)10(8)5-7/h3-6H,1-2H3. The summed E-state index contributed by atoms with van der Waals surface area (Å²) >= 11 is 6.02. The molecule has 0 saturated heterocycles. The number of rotatable bonds is 1. The van der Waals surface area contributed by atoms with Crippen LogP contribution in [0, 0.1) is 6.92 Å². The largest absolute Gasteiger partial charge is 0.334 e. The van der Waals surface area contributed by atoms with E-state index in [-0.39, 0.29) is 0 Å². The van der Waals surface area contributed by atoms with Gasteiger partial charge in [0.25, 0.3) is 0 Å². The lowest BCUT2D eigenvalue weighted by atomic mass is 10.1. The van der Waals surface area contributed by atoms with Gasteiger partial charge in [0.1, 0.15) is 5.15 Å². The average Bonchev–Trinajstić information content (AvgIpc) is 2.41. The summed E-state index contributed by atoms with van der Waals surface area (Å²) in [5, 5.41) is 1.42. The van der Waals surface area contributed by atoms with E-state index < -0.39 is 0 Å². The maximum Gasteiger partial charge on any atom is 0.153 e. The van der Waals surface area contributed by atoms with Crippen molar-refractivity contribution in [1.29, 1.82) is 0 Å². The number of carbonyl (C=O) groups is 1. The van der Waals surface area contributed by atoms with Gasteiger partial charge in [-0.2, -0.15) is 0 Å². The normalized spacial score (nSPS) is 10.8. The number of fused-ring (bicyclic) bond motifs is 1. The zero-order valence-corrected chi connectivity index (χ0v) is 8.80. The molecule has 0 atom stereocenters. The molecule has 2 aromatic rings. The van der Waals surface area contributed by atoms with Crippen LogP contribution in [0.3, 0.4) is 0 Å². The third-order valence-electron chi connectivity index (χ3n) is 2.44. The molecule has 0 N–H and O–H groups in total. The van der Waals surface area contributed by atoms with E-state index in [1.807, 2.05) is 36.7 Å². The molecule has 0 radical (unpaired) electrons. The first kappa shape index (κ1) is 9.28. The minimum atomic E-state index is 0.501. The van der Waals surface area contributed by atoms with Gasteiger partial charge in [0.2, 0.25) is 0 Å². The highest BCUT2D eigenvalue weighted by Gasteiger charge is 2.11. The van der Waals surface area contributed by atoms with Crippen LogP contribution in [0.4, 0.5) is 0 Å². The summed E-state index contributed by atoms with van der Waals surface area (Å²) in [6.45, 7) is 2.01. The van der Waals surface area contributed by atoms with E-state index in [0.717, 1.165) is 22.8 Å². The first-order valence-corrected chi connectivity index (χ1v) is 4.72. The lowest BCUT2D eigenvalue weighted by Gasteiger charge is -1.97. The van der Waals surface area contributed by atoms with Crippen molar-refractivity contribution >= 4 is 28.8 Å². The minimum Gasteiger partial charge on any atom is -0.334 e. The molecule has 72 valence electrons. The number of aldehydes is 1. The Balaban J connectivity index is 2.95. The first-order valence-electron chi connectivity index (χ1n) is 4.35. The number of hydrogen-bond acceptors (Lipinski definition) is 1.